The topological polar surface area (TPSA) is 90.8 Å². The molecule has 5 heterocycles. The number of nitrogens with zero attached hydrogens (tertiary/aromatic N) is 7. The molecule has 10 heteroatoms. The van der Waals surface area contributed by atoms with Gasteiger partial charge in [-0.25, -0.2) is 18.9 Å². The Kier molecular flexibility index (Phi) is 3.81. The Morgan fingerprint density at radius 3 is 2.93 bits per heavy atom. The summed E-state index contributed by atoms with van der Waals surface area (Å²) < 4.78 is 17.7. The van der Waals surface area contributed by atoms with Gasteiger partial charge in [0.05, 0.1) is 25.3 Å². The van der Waals surface area contributed by atoms with Gasteiger partial charge in [-0.3, -0.25) is 14.0 Å². The summed E-state index contributed by atoms with van der Waals surface area (Å²) in [4.78, 5) is 31.6. The number of rotatable bonds is 3. The fraction of sp³-hybridized carbons (Fsp3) is 0.500. The van der Waals surface area contributed by atoms with Gasteiger partial charge in [0.2, 0.25) is 5.91 Å². The molecule has 0 unspecified atom stereocenters. The van der Waals surface area contributed by atoms with Crippen LogP contribution in [0.5, 0.6) is 0 Å². The maximum Gasteiger partial charge on any atom is 0.347 e. The maximum absolute atomic E-state index is 13.2. The normalized spacial score (nSPS) is 19.6. The minimum Gasteiger partial charge on any atom is -0.335 e. The van der Waals surface area contributed by atoms with Gasteiger partial charge in [0.1, 0.15) is 18.0 Å². The zero-order chi connectivity index (χ0) is 19.4. The Morgan fingerprint density at radius 2 is 2.14 bits per heavy atom. The largest absolute Gasteiger partial charge is 0.347 e. The Balaban J connectivity index is 1.49. The predicted molar refractivity (Wildman–Crippen MR) is 97.5 cm³/mol. The highest BCUT2D eigenvalue weighted by Gasteiger charge is 2.38. The number of carbonyl (C=O) groups is 1. The van der Waals surface area contributed by atoms with Crippen molar-refractivity contribution < 1.29 is 9.18 Å². The average Bonchev–Trinajstić information content (AvgIpc) is 3.16. The van der Waals surface area contributed by atoms with Crippen LogP contribution in [0.25, 0.3) is 11.0 Å². The third-order valence-electron chi connectivity index (χ3n) is 5.54. The van der Waals surface area contributed by atoms with Crippen molar-refractivity contribution in [2.24, 2.45) is 7.05 Å². The van der Waals surface area contributed by atoms with E-state index in [1.165, 1.54) is 14.1 Å². The molecular formula is C18H20FN7O2. The van der Waals surface area contributed by atoms with E-state index in [-0.39, 0.29) is 31.2 Å². The number of likely N-dealkylation sites (tertiary alicyclic amines) is 1. The van der Waals surface area contributed by atoms with E-state index in [2.05, 4.69) is 15.2 Å². The van der Waals surface area contributed by atoms with E-state index in [0.29, 0.717) is 24.4 Å². The van der Waals surface area contributed by atoms with Crippen LogP contribution in [0.1, 0.15) is 30.4 Å². The molecule has 146 valence electrons. The van der Waals surface area contributed by atoms with Crippen molar-refractivity contribution >= 4 is 16.9 Å². The Labute approximate surface area is 159 Å². The number of alkyl halides is 1. The zero-order valence-corrected chi connectivity index (χ0v) is 15.5. The van der Waals surface area contributed by atoms with Gasteiger partial charge in [-0.2, -0.15) is 10.2 Å². The van der Waals surface area contributed by atoms with Crippen LogP contribution in [0.4, 0.5) is 4.39 Å². The Hall–Kier alpha value is -3.04. The summed E-state index contributed by atoms with van der Waals surface area (Å²) in [5, 5.41) is 9.80. The van der Waals surface area contributed by atoms with Crippen molar-refractivity contribution in [2.75, 3.05) is 13.1 Å². The molecule has 1 fully saturated rings. The number of aryl methyl sites for hydroxylation is 2. The molecule has 0 saturated carbocycles. The molecule has 1 amide bonds. The van der Waals surface area contributed by atoms with Gasteiger partial charge in [0.25, 0.3) is 0 Å². The molecule has 3 aromatic rings. The lowest BCUT2D eigenvalue weighted by atomic mass is 10.0. The lowest BCUT2D eigenvalue weighted by Gasteiger charge is -2.37. The van der Waals surface area contributed by atoms with Crippen LogP contribution in [0.15, 0.2) is 23.1 Å². The summed E-state index contributed by atoms with van der Waals surface area (Å²) >= 11 is 0. The molecule has 5 rings (SSSR count). The second kappa shape index (κ2) is 6.25. The summed E-state index contributed by atoms with van der Waals surface area (Å²) in [5.74, 6) is 0.411. The second-order valence-electron chi connectivity index (χ2n) is 7.42. The molecule has 0 radical (unpaired) electrons. The van der Waals surface area contributed by atoms with E-state index in [1.807, 2.05) is 12.1 Å². The standard InChI is InChI=1S/C18H20FN7O2/c1-23-16-12(4-3-7-20-16)13(21-23)10-25-18(28)26-14(5-2-6-15(26)22-25)17(27)24-8-11(19)9-24/h3-4,7,11,14H,2,5-6,8-10H2,1H3/t14-/m0/s1. The molecule has 0 bridgehead atoms. The third kappa shape index (κ3) is 2.54. The van der Waals surface area contributed by atoms with Crippen molar-refractivity contribution in [2.45, 2.75) is 38.0 Å². The first kappa shape index (κ1) is 17.1. The van der Waals surface area contributed by atoms with Gasteiger partial charge in [-0.05, 0) is 25.0 Å². The molecule has 28 heavy (non-hydrogen) atoms. The van der Waals surface area contributed by atoms with Crippen LogP contribution in [0.2, 0.25) is 0 Å². The molecule has 3 aromatic heterocycles. The van der Waals surface area contributed by atoms with E-state index >= 15 is 0 Å². The first-order valence-corrected chi connectivity index (χ1v) is 9.40. The van der Waals surface area contributed by atoms with Crippen LogP contribution < -0.4 is 5.69 Å². The maximum atomic E-state index is 13.2. The van der Waals surface area contributed by atoms with Crippen molar-refractivity contribution in [3.63, 3.8) is 0 Å². The average molecular weight is 385 g/mol. The number of aromatic nitrogens is 6. The number of pyridine rings is 1. The first-order valence-electron chi connectivity index (χ1n) is 9.40. The molecule has 0 aromatic carbocycles. The van der Waals surface area contributed by atoms with E-state index in [9.17, 15) is 14.0 Å². The van der Waals surface area contributed by atoms with Gasteiger partial charge in [0, 0.05) is 25.1 Å². The fourth-order valence-corrected chi connectivity index (χ4v) is 4.10. The quantitative estimate of drug-likeness (QED) is 0.652. The molecule has 1 atom stereocenters. The number of amides is 1. The van der Waals surface area contributed by atoms with E-state index < -0.39 is 12.2 Å². The minimum absolute atomic E-state index is 0.112. The fourth-order valence-electron chi connectivity index (χ4n) is 4.10. The molecule has 1 saturated heterocycles. The summed E-state index contributed by atoms with van der Waals surface area (Å²) in [5.41, 5.74) is 1.11. The number of halogens is 1. The molecule has 2 aliphatic heterocycles. The van der Waals surface area contributed by atoms with E-state index in [4.69, 9.17) is 0 Å². The van der Waals surface area contributed by atoms with Gasteiger partial charge < -0.3 is 4.90 Å². The molecule has 0 N–H and O–H groups in total. The van der Waals surface area contributed by atoms with Crippen molar-refractivity contribution in [1.29, 1.82) is 0 Å². The molecular weight excluding hydrogens is 365 g/mol. The number of hydrogen-bond acceptors (Lipinski definition) is 5. The van der Waals surface area contributed by atoms with Gasteiger partial charge in [-0.15, -0.1) is 0 Å². The second-order valence-corrected chi connectivity index (χ2v) is 7.42. The van der Waals surface area contributed by atoms with Crippen molar-refractivity contribution in [1.82, 2.24) is 34.0 Å². The van der Waals surface area contributed by atoms with Gasteiger partial charge in [0.15, 0.2) is 5.65 Å². The number of fused-ring (bicyclic) bond motifs is 2. The molecule has 9 nitrogen and oxygen atoms in total. The van der Waals surface area contributed by atoms with Crippen LogP contribution in [0, 0.1) is 0 Å². The van der Waals surface area contributed by atoms with Crippen LogP contribution in [-0.2, 0) is 24.8 Å². The highest BCUT2D eigenvalue weighted by Crippen LogP contribution is 2.26. The summed E-state index contributed by atoms with van der Waals surface area (Å²) in [6.45, 7) is 0.431. The predicted octanol–water partition coefficient (Wildman–Crippen LogP) is 0.432. The highest BCUT2D eigenvalue weighted by molar-refractivity contribution is 5.81. The van der Waals surface area contributed by atoms with Gasteiger partial charge in [-0.1, -0.05) is 0 Å². The smallest absolute Gasteiger partial charge is 0.335 e. The summed E-state index contributed by atoms with van der Waals surface area (Å²) in [6.07, 6.45) is 2.72. The lowest BCUT2D eigenvalue weighted by Crippen LogP contribution is -2.54. The van der Waals surface area contributed by atoms with Crippen molar-refractivity contribution in [3.8, 4) is 0 Å². The Morgan fingerprint density at radius 1 is 1.32 bits per heavy atom. The molecule has 0 aliphatic carbocycles. The lowest BCUT2D eigenvalue weighted by molar-refractivity contribution is -0.142. The molecule has 2 aliphatic rings. The number of hydrogen-bond donors (Lipinski definition) is 0. The minimum atomic E-state index is -0.961. The van der Waals surface area contributed by atoms with Crippen LogP contribution in [-0.4, -0.2) is 59.2 Å². The third-order valence-corrected chi connectivity index (χ3v) is 5.54. The van der Waals surface area contributed by atoms with Crippen LogP contribution in [0.3, 0.4) is 0 Å². The zero-order valence-electron chi connectivity index (χ0n) is 15.5. The first-order chi connectivity index (χ1) is 13.5. The number of carbonyl (C=O) groups excluding carboxylic acids is 1. The van der Waals surface area contributed by atoms with E-state index in [1.54, 1.807) is 17.9 Å². The van der Waals surface area contributed by atoms with Crippen molar-refractivity contribution in [3.05, 3.63) is 40.3 Å². The Bertz CT molecular complexity index is 1120. The van der Waals surface area contributed by atoms with Crippen LogP contribution >= 0.6 is 0 Å². The van der Waals surface area contributed by atoms with Gasteiger partial charge >= 0.3 is 5.69 Å². The summed E-state index contributed by atoms with van der Waals surface area (Å²) in [6, 6.07) is 3.14. The monoisotopic (exact) mass is 385 g/mol. The van der Waals surface area contributed by atoms with E-state index in [0.717, 1.165) is 17.5 Å². The summed E-state index contributed by atoms with van der Waals surface area (Å²) in [7, 11) is 1.81. The SMILES string of the molecule is Cn1nc(Cn2nc3n(c2=O)[C@H](C(=O)N2CC(F)C2)CCC3)c2cccnc21. The molecule has 0 spiro atoms. The highest BCUT2D eigenvalue weighted by atomic mass is 19.1.